The quantitative estimate of drug-likeness (QED) is 0.797. The molecule has 0 saturated heterocycles. The van der Waals surface area contributed by atoms with Crippen LogP contribution in [0, 0.1) is 0 Å². The van der Waals surface area contributed by atoms with Crippen molar-refractivity contribution in [3.63, 3.8) is 0 Å². The molecule has 0 rings (SSSR count). The molecule has 4 nitrogen and oxygen atoms in total. The fraction of sp³-hybridized carbons (Fsp3) is 0.889. The number of rotatable bonds is 4. The highest BCUT2D eigenvalue weighted by atomic mass is 19.3. The molecule has 1 atom stereocenters. The largest absolute Gasteiger partial charge is 0.444 e. The van der Waals surface area contributed by atoms with Crippen molar-refractivity contribution in [1.29, 1.82) is 0 Å². The van der Waals surface area contributed by atoms with E-state index in [2.05, 4.69) is 10.1 Å². The standard InChI is InChI=1S/C9H17F2NO3/c1-6(5-14-7(10)11)15-8(13)12-9(2,3)4/h6-7H,5H2,1-4H3,(H,12,13)/t6-/m0/s1. The Hall–Kier alpha value is -0.910. The number of halogens is 2. The summed E-state index contributed by atoms with van der Waals surface area (Å²) >= 11 is 0. The first kappa shape index (κ1) is 14.1. The third kappa shape index (κ3) is 9.40. The van der Waals surface area contributed by atoms with Gasteiger partial charge in [-0.3, -0.25) is 0 Å². The zero-order valence-corrected chi connectivity index (χ0v) is 9.34. The lowest BCUT2D eigenvalue weighted by Gasteiger charge is -2.22. The molecule has 0 spiro atoms. The summed E-state index contributed by atoms with van der Waals surface area (Å²) in [5, 5.41) is 2.53. The van der Waals surface area contributed by atoms with E-state index < -0.39 is 24.3 Å². The van der Waals surface area contributed by atoms with Crippen molar-refractivity contribution in [3.8, 4) is 0 Å². The van der Waals surface area contributed by atoms with Gasteiger partial charge in [0.1, 0.15) is 6.10 Å². The maximum Gasteiger partial charge on any atom is 0.407 e. The number of nitrogens with one attached hydrogen (secondary N) is 1. The van der Waals surface area contributed by atoms with Crippen molar-refractivity contribution in [2.45, 2.75) is 45.9 Å². The molecule has 6 heteroatoms. The van der Waals surface area contributed by atoms with Gasteiger partial charge in [-0.05, 0) is 27.7 Å². The van der Waals surface area contributed by atoms with Crippen LogP contribution in [0.25, 0.3) is 0 Å². The lowest BCUT2D eigenvalue weighted by Crippen LogP contribution is -2.42. The Morgan fingerprint density at radius 3 is 2.33 bits per heavy atom. The third-order valence-corrected chi connectivity index (χ3v) is 1.24. The van der Waals surface area contributed by atoms with E-state index in [1.807, 2.05) is 0 Å². The normalized spacial score (nSPS) is 13.8. The van der Waals surface area contributed by atoms with Crippen LogP contribution in [0.4, 0.5) is 13.6 Å². The molecule has 0 aromatic carbocycles. The zero-order valence-electron chi connectivity index (χ0n) is 9.34. The molecule has 0 saturated carbocycles. The maximum absolute atomic E-state index is 11.6. The lowest BCUT2D eigenvalue weighted by molar-refractivity contribution is -0.145. The average molecular weight is 225 g/mol. The van der Waals surface area contributed by atoms with E-state index in [1.165, 1.54) is 6.92 Å². The molecule has 0 aliphatic heterocycles. The Kier molecular flexibility index (Phi) is 5.49. The van der Waals surface area contributed by atoms with Crippen LogP contribution in [0.5, 0.6) is 0 Å². The average Bonchev–Trinajstić information content (AvgIpc) is 1.96. The summed E-state index contributed by atoms with van der Waals surface area (Å²) in [6.45, 7) is 3.67. The van der Waals surface area contributed by atoms with E-state index in [4.69, 9.17) is 4.74 Å². The number of amides is 1. The molecule has 0 aromatic heterocycles. The number of alkyl halides is 2. The topological polar surface area (TPSA) is 47.6 Å². The summed E-state index contributed by atoms with van der Waals surface area (Å²) in [6.07, 6.45) is -1.35. The van der Waals surface area contributed by atoms with Gasteiger partial charge in [-0.25, -0.2) is 4.79 Å². The Balaban J connectivity index is 3.77. The SMILES string of the molecule is C[C@@H](COC(F)F)OC(=O)NC(C)(C)C. The van der Waals surface area contributed by atoms with Crippen LogP contribution in [0.15, 0.2) is 0 Å². The molecule has 0 aliphatic carbocycles. The van der Waals surface area contributed by atoms with Crippen molar-refractivity contribution >= 4 is 6.09 Å². The molecule has 0 bridgehead atoms. The second-order valence-electron chi connectivity index (χ2n) is 4.18. The van der Waals surface area contributed by atoms with Gasteiger partial charge in [0.25, 0.3) is 0 Å². The Bertz CT molecular complexity index is 204. The number of carbonyl (C=O) groups is 1. The van der Waals surface area contributed by atoms with E-state index in [1.54, 1.807) is 20.8 Å². The number of carbonyl (C=O) groups excluding carboxylic acids is 1. The van der Waals surface area contributed by atoms with Gasteiger partial charge in [0.05, 0.1) is 6.61 Å². The molecule has 90 valence electrons. The molecule has 1 N–H and O–H groups in total. The van der Waals surface area contributed by atoms with E-state index in [-0.39, 0.29) is 6.61 Å². The summed E-state index contributed by atoms with van der Waals surface area (Å²) in [4.78, 5) is 11.1. The Morgan fingerprint density at radius 1 is 1.40 bits per heavy atom. The highest BCUT2D eigenvalue weighted by molar-refractivity contribution is 5.68. The first-order valence-electron chi connectivity index (χ1n) is 4.59. The van der Waals surface area contributed by atoms with Crippen LogP contribution in [-0.4, -0.2) is 31.0 Å². The maximum atomic E-state index is 11.6. The van der Waals surface area contributed by atoms with Crippen LogP contribution < -0.4 is 5.32 Å². The summed E-state index contributed by atoms with van der Waals surface area (Å²) in [5.41, 5.74) is -0.416. The Labute approximate surface area is 87.9 Å². The summed E-state index contributed by atoms with van der Waals surface area (Å²) < 4.78 is 32.0. The van der Waals surface area contributed by atoms with Crippen LogP contribution >= 0.6 is 0 Å². The molecule has 15 heavy (non-hydrogen) atoms. The minimum atomic E-state index is -2.85. The van der Waals surface area contributed by atoms with Crippen LogP contribution in [0.2, 0.25) is 0 Å². The minimum Gasteiger partial charge on any atom is -0.444 e. The lowest BCUT2D eigenvalue weighted by atomic mass is 10.1. The van der Waals surface area contributed by atoms with Gasteiger partial charge in [0, 0.05) is 5.54 Å². The molecule has 0 heterocycles. The van der Waals surface area contributed by atoms with Gasteiger partial charge in [-0.1, -0.05) is 0 Å². The van der Waals surface area contributed by atoms with Crippen molar-refractivity contribution in [2.24, 2.45) is 0 Å². The van der Waals surface area contributed by atoms with E-state index in [0.29, 0.717) is 0 Å². The van der Waals surface area contributed by atoms with Crippen LogP contribution in [0.1, 0.15) is 27.7 Å². The number of hydrogen-bond acceptors (Lipinski definition) is 3. The van der Waals surface area contributed by atoms with Gasteiger partial charge in [-0.15, -0.1) is 0 Å². The molecule has 1 amide bonds. The zero-order chi connectivity index (χ0) is 12.1. The molecule has 0 fully saturated rings. The van der Waals surface area contributed by atoms with Gasteiger partial charge in [0.2, 0.25) is 0 Å². The monoisotopic (exact) mass is 225 g/mol. The number of ether oxygens (including phenoxy) is 2. The molecule has 0 aromatic rings. The van der Waals surface area contributed by atoms with Gasteiger partial charge in [-0.2, -0.15) is 8.78 Å². The molecule has 0 aliphatic rings. The predicted octanol–water partition coefficient (Wildman–Crippen LogP) is 2.14. The smallest absolute Gasteiger partial charge is 0.407 e. The van der Waals surface area contributed by atoms with Crippen molar-refractivity contribution in [2.75, 3.05) is 6.61 Å². The predicted molar refractivity (Wildman–Crippen MR) is 50.8 cm³/mol. The summed E-state index contributed by atoms with van der Waals surface area (Å²) in [5.74, 6) is 0. The minimum absolute atomic E-state index is 0.324. The fourth-order valence-corrected chi connectivity index (χ4v) is 0.761. The third-order valence-electron chi connectivity index (χ3n) is 1.24. The molecular formula is C9H17F2NO3. The highest BCUT2D eigenvalue weighted by Gasteiger charge is 2.17. The van der Waals surface area contributed by atoms with E-state index in [9.17, 15) is 13.6 Å². The van der Waals surface area contributed by atoms with Crippen molar-refractivity contribution in [3.05, 3.63) is 0 Å². The van der Waals surface area contributed by atoms with E-state index >= 15 is 0 Å². The molecule has 0 radical (unpaired) electrons. The van der Waals surface area contributed by atoms with Gasteiger partial charge in [0.15, 0.2) is 0 Å². The second-order valence-corrected chi connectivity index (χ2v) is 4.18. The van der Waals surface area contributed by atoms with Crippen LogP contribution in [-0.2, 0) is 9.47 Å². The fourth-order valence-electron chi connectivity index (χ4n) is 0.761. The number of hydrogen-bond donors (Lipinski definition) is 1. The first-order chi connectivity index (χ1) is 6.70. The second kappa shape index (κ2) is 5.85. The molecule has 0 unspecified atom stereocenters. The Morgan fingerprint density at radius 2 is 1.93 bits per heavy atom. The first-order valence-corrected chi connectivity index (χ1v) is 4.59. The highest BCUT2D eigenvalue weighted by Crippen LogP contribution is 2.02. The van der Waals surface area contributed by atoms with E-state index in [0.717, 1.165) is 0 Å². The summed E-state index contributed by atoms with van der Waals surface area (Å²) in [6, 6.07) is 0. The summed E-state index contributed by atoms with van der Waals surface area (Å²) in [7, 11) is 0. The van der Waals surface area contributed by atoms with Crippen LogP contribution in [0.3, 0.4) is 0 Å². The van der Waals surface area contributed by atoms with Crippen molar-refractivity contribution < 1.29 is 23.0 Å². The molecular weight excluding hydrogens is 208 g/mol. The van der Waals surface area contributed by atoms with Crippen molar-refractivity contribution in [1.82, 2.24) is 5.32 Å². The van der Waals surface area contributed by atoms with Gasteiger partial charge >= 0.3 is 12.7 Å². The number of alkyl carbamates (subject to hydrolysis) is 1. The van der Waals surface area contributed by atoms with Gasteiger partial charge < -0.3 is 14.8 Å².